The number of anilines is 1. The summed E-state index contributed by atoms with van der Waals surface area (Å²) in [6, 6.07) is 1.58. The summed E-state index contributed by atoms with van der Waals surface area (Å²) in [6.45, 7) is 4.95. The lowest BCUT2D eigenvalue weighted by molar-refractivity contribution is -0.0387. The van der Waals surface area contributed by atoms with E-state index < -0.39 is 0 Å². The molecule has 1 amide bonds. The minimum atomic E-state index is -0.151. The van der Waals surface area contributed by atoms with E-state index in [1.807, 2.05) is 13.8 Å². The molecular formula is C12H16ClN3O2. The summed E-state index contributed by atoms with van der Waals surface area (Å²) in [5.41, 5.74) is 6.41. The maximum Gasteiger partial charge on any atom is 0.257 e. The standard InChI is InChI=1S/C12H16ClN3O2/c1-7-6-18-8(2)5-16(7)12(17)10-3-9(14)4-15-11(10)13/h3-4,7-8H,5-6,14H2,1-2H3. The van der Waals surface area contributed by atoms with Crippen LogP contribution < -0.4 is 5.73 Å². The third kappa shape index (κ3) is 2.57. The lowest BCUT2D eigenvalue weighted by atomic mass is 10.1. The molecule has 2 N–H and O–H groups in total. The highest BCUT2D eigenvalue weighted by Gasteiger charge is 2.29. The monoisotopic (exact) mass is 269 g/mol. The van der Waals surface area contributed by atoms with Gasteiger partial charge in [-0.2, -0.15) is 0 Å². The van der Waals surface area contributed by atoms with E-state index in [4.69, 9.17) is 22.1 Å². The summed E-state index contributed by atoms with van der Waals surface area (Å²) >= 11 is 5.95. The Kier molecular flexibility index (Phi) is 3.73. The van der Waals surface area contributed by atoms with Gasteiger partial charge in [0.2, 0.25) is 0 Å². The zero-order chi connectivity index (χ0) is 13.3. The summed E-state index contributed by atoms with van der Waals surface area (Å²) in [4.78, 5) is 18.1. The second-order valence-corrected chi connectivity index (χ2v) is 4.92. The summed E-state index contributed by atoms with van der Waals surface area (Å²) < 4.78 is 5.49. The molecule has 2 heterocycles. The molecule has 98 valence electrons. The van der Waals surface area contributed by atoms with E-state index in [-0.39, 0.29) is 23.2 Å². The number of nitrogens with zero attached hydrogens (tertiary/aromatic N) is 2. The van der Waals surface area contributed by atoms with Crippen LogP contribution in [0.25, 0.3) is 0 Å². The first-order valence-electron chi connectivity index (χ1n) is 5.82. The quantitative estimate of drug-likeness (QED) is 0.786. The maximum atomic E-state index is 12.4. The van der Waals surface area contributed by atoms with E-state index in [0.717, 1.165) is 0 Å². The molecule has 5 nitrogen and oxygen atoms in total. The van der Waals surface area contributed by atoms with Crippen LogP contribution in [-0.4, -0.2) is 41.1 Å². The minimum absolute atomic E-state index is 0.0196. The molecule has 0 radical (unpaired) electrons. The van der Waals surface area contributed by atoms with Gasteiger partial charge in [0.25, 0.3) is 5.91 Å². The average molecular weight is 270 g/mol. The zero-order valence-corrected chi connectivity index (χ0v) is 11.1. The number of nitrogens with two attached hydrogens (primary N) is 1. The fourth-order valence-corrected chi connectivity index (χ4v) is 2.14. The molecule has 2 unspecified atom stereocenters. The molecule has 0 spiro atoms. The number of morpholine rings is 1. The zero-order valence-electron chi connectivity index (χ0n) is 10.4. The lowest BCUT2D eigenvalue weighted by Gasteiger charge is -2.36. The molecule has 0 aromatic carbocycles. The van der Waals surface area contributed by atoms with Crippen molar-refractivity contribution in [3.05, 3.63) is 23.0 Å². The fraction of sp³-hybridized carbons (Fsp3) is 0.500. The number of pyridine rings is 1. The Morgan fingerprint density at radius 2 is 2.33 bits per heavy atom. The number of carbonyl (C=O) groups is 1. The number of amides is 1. The average Bonchev–Trinajstić information content (AvgIpc) is 2.34. The van der Waals surface area contributed by atoms with Crippen molar-refractivity contribution >= 4 is 23.2 Å². The third-order valence-corrected chi connectivity index (χ3v) is 3.26. The Balaban J connectivity index is 2.27. The molecule has 1 aliphatic rings. The first kappa shape index (κ1) is 13.1. The van der Waals surface area contributed by atoms with Gasteiger partial charge in [0.15, 0.2) is 0 Å². The first-order valence-corrected chi connectivity index (χ1v) is 6.20. The van der Waals surface area contributed by atoms with E-state index in [0.29, 0.717) is 24.4 Å². The van der Waals surface area contributed by atoms with E-state index in [1.165, 1.54) is 6.20 Å². The predicted octanol–water partition coefficient (Wildman–Crippen LogP) is 1.57. The van der Waals surface area contributed by atoms with Crippen LogP contribution in [0, 0.1) is 0 Å². The number of rotatable bonds is 1. The Hall–Kier alpha value is -1.33. The molecule has 0 aliphatic carbocycles. The first-order chi connectivity index (χ1) is 8.49. The van der Waals surface area contributed by atoms with Crippen LogP contribution in [0.1, 0.15) is 24.2 Å². The van der Waals surface area contributed by atoms with Gasteiger partial charge in [-0.25, -0.2) is 4.98 Å². The van der Waals surface area contributed by atoms with Gasteiger partial charge in [0, 0.05) is 6.54 Å². The van der Waals surface area contributed by atoms with Crippen LogP contribution in [0.2, 0.25) is 5.15 Å². The molecule has 2 rings (SSSR count). The van der Waals surface area contributed by atoms with Crippen LogP contribution in [0.3, 0.4) is 0 Å². The van der Waals surface area contributed by atoms with Crippen molar-refractivity contribution in [2.45, 2.75) is 26.0 Å². The minimum Gasteiger partial charge on any atom is -0.397 e. The fourth-order valence-electron chi connectivity index (χ4n) is 1.96. The van der Waals surface area contributed by atoms with Crippen molar-refractivity contribution in [1.29, 1.82) is 0 Å². The molecule has 1 fully saturated rings. The van der Waals surface area contributed by atoms with Crippen LogP contribution in [0.4, 0.5) is 5.69 Å². The van der Waals surface area contributed by atoms with Crippen molar-refractivity contribution in [2.75, 3.05) is 18.9 Å². The molecule has 1 aliphatic heterocycles. The van der Waals surface area contributed by atoms with Gasteiger partial charge in [0.1, 0.15) is 5.15 Å². The van der Waals surface area contributed by atoms with Crippen LogP contribution >= 0.6 is 11.6 Å². The van der Waals surface area contributed by atoms with Gasteiger partial charge in [-0.05, 0) is 19.9 Å². The van der Waals surface area contributed by atoms with E-state index >= 15 is 0 Å². The van der Waals surface area contributed by atoms with Crippen molar-refractivity contribution in [3.8, 4) is 0 Å². The molecule has 6 heteroatoms. The normalized spacial score (nSPS) is 24.1. The van der Waals surface area contributed by atoms with Crippen molar-refractivity contribution in [3.63, 3.8) is 0 Å². The van der Waals surface area contributed by atoms with Crippen LogP contribution in [-0.2, 0) is 4.74 Å². The Morgan fingerprint density at radius 3 is 3.06 bits per heavy atom. The van der Waals surface area contributed by atoms with Gasteiger partial charge in [-0.1, -0.05) is 11.6 Å². The number of ether oxygens (including phenoxy) is 1. The number of halogens is 1. The number of carbonyl (C=O) groups excluding carboxylic acids is 1. The van der Waals surface area contributed by atoms with E-state index in [9.17, 15) is 4.79 Å². The second-order valence-electron chi connectivity index (χ2n) is 4.56. The Morgan fingerprint density at radius 1 is 1.61 bits per heavy atom. The molecular weight excluding hydrogens is 254 g/mol. The largest absolute Gasteiger partial charge is 0.397 e. The molecule has 0 saturated carbocycles. The van der Waals surface area contributed by atoms with Gasteiger partial charge in [-0.15, -0.1) is 0 Å². The number of aromatic nitrogens is 1. The number of hydrogen-bond donors (Lipinski definition) is 1. The molecule has 1 aromatic rings. The second kappa shape index (κ2) is 5.12. The summed E-state index contributed by atoms with van der Waals surface area (Å²) in [5.74, 6) is -0.151. The van der Waals surface area contributed by atoms with Gasteiger partial charge in [0.05, 0.1) is 36.2 Å². The molecule has 0 bridgehead atoms. The molecule has 1 saturated heterocycles. The lowest BCUT2D eigenvalue weighted by Crippen LogP contribution is -2.50. The Bertz CT molecular complexity index is 467. The summed E-state index contributed by atoms with van der Waals surface area (Å²) in [5, 5.41) is 0.181. The van der Waals surface area contributed by atoms with E-state index in [1.54, 1.807) is 11.0 Å². The highest BCUT2D eigenvalue weighted by atomic mass is 35.5. The van der Waals surface area contributed by atoms with Gasteiger partial charge in [-0.3, -0.25) is 4.79 Å². The Labute approximate surface area is 111 Å². The molecule has 18 heavy (non-hydrogen) atoms. The van der Waals surface area contributed by atoms with E-state index in [2.05, 4.69) is 4.98 Å². The third-order valence-electron chi connectivity index (χ3n) is 2.96. The van der Waals surface area contributed by atoms with Crippen molar-refractivity contribution < 1.29 is 9.53 Å². The summed E-state index contributed by atoms with van der Waals surface area (Å²) in [6.07, 6.45) is 1.46. The SMILES string of the molecule is CC1CN(C(=O)c2cc(N)cnc2Cl)C(C)CO1. The smallest absolute Gasteiger partial charge is 0.257 e. The van der Waals surface area contributed by atoms with Crippen molar-refractivity contribution in [1.82, 2.24) is 9.88 Å². The topological polar surface area (TPSA) is 68.5 Å². The van der Waals surface area contributed by atoms with Crippen LogP contribution in [0.15, 0.2) is 12.3 Å². The van der Waals surface area contributed by atoms with Crippen LogP contribution in [0.5, 0.6) is 0 Å². The number of nitrogen functional groups attached to an aromatic ring is 1. The number of hydrogen-bond acceptors (Lipinski definition) is 4. The summed E-state index contributed by atoms with van der Waals surface area (Å²) in [7, 11) is 0. The molecule has 1 aromatic heterocycles. The van der Waals surface area contributed by atoms with Gasteiger partial charge >= 0.3 is 0 Å². The highest BCUT2D eigenvalue weighted by Crippen LogP contribution is 2.21. The van der Waals surface area contributed by atoms with Gasteiger partial charge < -0.3 is 15.4 Å². The van der Waals surface area contributed by atoms with Crippen molar-refractivity contribution in [2.24, 2.45) is 0 Å². The highest BCUT2D eigenvalue weighted by molar-refractivity contribution is 6.32. The predicted molar refractivity (Wildman–Crippen MR) is 69.6 cm³/mol. The molecule has 2 atom stereocenters. The maximum absolute atomic E-state index is 12.4.